The average Bonchev–Trinajstić information content (AvgIpc) is 2.28. The minimum absolute atomic E-state index is 0.215. The molecular weight excluding hydrogens is 260 g/mol. The van der Waals surface area contributed by atoms with Crippen LogP contribution in [0, 0.1) is 6.92 Å². The Kier molecular flexibility index (Phi) is 5.76. The van der Waals surface area contributed by atoms with E-state index in [1.165, 1.54) is 5.57 Å². The van der Waals surface area contributed by atoms with E-state index in [0.29, 0.717) is 6.42 Å². The van der Waals surface area contributed by atoms with E-state index in [4.69, 9.17) is 4.18 Å². The summed E-state index contributed by atoms with van der Waals surface area (Å²) in [4.78, 5) is 0.215. The van der Waals surface area contributed by atoms with Gasteiger partial charge >= 0.3 is 0 Å². The number of allylic oxidation sites excluding steroid dienone is 2. The third-order valence-corrected chi connectivity index (χ3v) is 4.16. The lowest BCUT2D eigenvalue weighted by atomic mass is 10.2. The van der Waals surface area contributed by atoms with Crippen LogP contribution in [-0.4, -0.2) is 14.5 Å². The molecule has 0 N–H and O–H groups in total. The van der Waals surface area contributed by atoms with E-state index in [-0.39, 0.29) is 11.0 Å². The summed E-state index contributed by atoms with van der Waals surface area (Å²) in [6, 6.07) is 6.69. The van der Waals surface area contributed by atoms with Crippen LogP contribution in [0.3, 0.4) is 0 Å². The Balaban J connectivity index is 2.64. The Morgan fingerprint density at radius 1 is 1.26 bits per heavy atom. The monoisotopic (exact) mass is 282 g/mol. The quantitative estimate of drug-likeness (QED) is 0.588. The second kappa shape index (κ2) is 6.87. The second-order valence-electron chi connectivity index (χ2n) is 5.03. The fourth-order valence-electron chi connectivity index (χ4n) is 1.63. The maximum absolute atomic E-state index is 12.0. The fraction of sp³-hybridized carbons (Fsp3) is 0.467. The van der Waals surface area contributed by atoms with Gasteiger partial charge in [0.25, 0.3) is 10.1 Å². The molecule has 1 aromatic rings. The maximum atomic E-state index is 12.0. The van der Waals surface area contributed by atoms with Gasteiger partial charge in [-0.15, -0.1) is 0 Å². The van der Waals surface area contributed by atoms with Crippen LogP contribution >= 0.6 is 0 Å². The molecule has 19 heavy (non-hydrogen) atoms. The Labute approximate surface area is 116 Å². The third-order valence-electron chi connectivity index (χ3n) is 2.73. The van der Waals surface area contributed by atoms with Crippen LogP contribution in [0.1, 0.15) is 39.2 Å². The Hall–Kier alpha value is -1.13. The molecule has 0 fully saturated rings. The average molecular weight is 282 g/mol. The van der Waals surface area contributed by atoms with E-state index in [2.05, 4.69) is 6.08 Å². The Morgan fingerprint density at radius 2 is 1.84 bits per heavy atom. The van der Waals surface area contributed by atoms with Crippen molar-refractivity contribution in [1.29, 1.82) is 0 Å². The summed E-state index contributed by atoms with van der Waals surface area (Å²) in [6.45, 7) is 7.74. The molecule has 0 aliphatic rings. The van der Waals surface area contributed by atoms with Crippen molar-refractivity contribution in [3.8, 4) is 0 Å². The summed E-state index contributed by atoms with van der Waals surface area (Å²) in [5.74, 6) is 0. The molecule has 1 aromatic carbocycles. The van der Waals surface area contributed by atoms with E-state index in [0.717, 1.165) is 12.0 Å². The van der Waals surface area contributed by atoms with E-state index < -0.39 is 10.1 Å². The van der Waals surface area contributed by atoms with Gasteiger partial charge in [0.05, 0.1) is 11.0 Å². The van der Waals surface area contributed by atoms with Gasteiger partial charge in [-0.25, -0.2) is 0 Å². The molecule has 0 aliphatic carbocycles. The van der Waals surface area contributed by atoms with Crippen LogP contribution in [0.25, 0.3) is 0 Å². The molecule has 4 heteroatoms. The largest absolute Gasteiger partial charge is 0.297 e. The molecule has 0 unspecified atom stereocenters. The van der Waals surface area contributed by atoms with Crippen molar-refractivity contribution in [2.75, 3.05) is 0 Å². The zero-order valence-electron chi connectivity index (χ0n) is 12.0. The van der Waals surface area contributed by atoms with Crippen molar-refractivity contribution < 1.29 is 12.6 Å². The summed E-state index contributed by atoms with van der Waals surface area (Å²) >= 11 is 0. The highest BCUT2D eigenvalue weighted by Crippen LogP contribution is 2.17. The molecule has 0 saturated carbocycles. The van der Waals surface area contributed by atoms with E-state index in [9.17, 15) is 8.42 Å². The van der Waals surface area contributed by atoms with Gasteiger partial charge in [-0.2, -0.15) is 8.42 Å². The first-order valence-corrected chi connectivity index (χ1v) is 7.85. The molecule has 3 nitrogen and oxygen atoms in total. The van der Waals surface area contributed by atoms with E-state index >= 15 is 0 Å². The minimum Gasteiger partial charge on any atom is -0.263 e. The predicted molar refractivity (Wildman–Crippen MR) is 77.6 cm³/mol. The van der Waals surface area contributed by atoms with Crippen LogP contribution in [0.15, 0.2) is 40.8 Å². The SMILES string of the molecule is CC(C)=CCC[C@@H](C)OS(=O)(=O)c1ccc(C)cc1. The van der Waals surface area contributed by atoms with Gasteiger partial charge in [-0.05, 0) is 52.7 Å². The summed E-state index contributed by atoms with van der Waals surface area (Å²) in [5.41, 5.74) is 2.25. The normalized spacial score (nSPS) is 13.1. The second-order valence-corrected chi connectivity index (χ2v) is 6.60. The highest BCUT2D eigenvalue weighted by Gasteiger charge is 2.18. The molecule has 106 valence electrons. The molecule has 0 spiro atoms. The molecule has 0 bridgehead atoms. The van der Waals surface area contributed by atoms with Gasteiger partial charge in [0, 0.05) is 0 Å². The van der Waals surface area contributed by atoms with E-state index in [1.54, 1.807) is 31.2 Å². The van der Waals surface area contributed by atoms with E-state index in [1.807, 2.05) is 20.8 Å². The first-order valence-electron chi connectivity index (χ1n) is 6.44. The lowest BCUT2D eigenvalue weighted by Crippen LogP contribution is -2.15. The lowest BCUT2D eigenvalue weighted by Gasteiger charge is -2.12. The van der Waals surface area contributed by atoms with Gasteiger partial charge in [0.1, 0.15) is 0 Å². The van der Waals surface area contributed by atoms with Crippen molar-refractivity contribution in [3.63, 3.8) is 0 Å². The summed E-state index contributed by atoms with van der Waals surface area (Å²) in [5, 5.41) is 0. The summed E-state index contributed by atoms with van der Waals surface area (Å²) in [6.07, 6.45) is 3.28. The Morgan fingerprint density at radius 3 is 2.37 bits per heavy atom. The highest BCUT2D eigenvalue weighted by atomic mass is 32.2. The van der Waals surface area contributed by atoms with Gasteiger partial charge in [-0.1, -0.05) is 29.3 Å². The topological polar surface area (TPSA) is 43.4 Å². The van der Waals surface area contributed by atoms with Crippen LogP contribution in [-0.2, 0) is 14.3 Å². The van der Waals surface area contributed by atoms with Gasteiger partial charge in [-0.3, -0.25) is 4.18 Å². The van der Waals surface area contributed by atoms with Gasteiger partial charge in [0.2, 0.25) is 0 Å². The fourth-order valence-corrected chi connectivity index (χ4v) is 2.74. The van der Waals surface area contributed by atoms with Crippen LogP contribution in [0.5, 0.6) is 0 Å². The summed E-state index contributed by atoms with van der Waals surface area (Å²) < 4.78 is 29.2. The van der Waals surface area contributed by atoms with Crippen LogP contribution in [0.2, 0.25) is 0 Å². The summed E-state index contributed by atoms with van der Waals surface area (Å²) in [7, 11) is -3.65. The number of aryl methyl sites for hydroxylation is 1. The Bertz CT molecular complexity index is 523. The first kappa shape index (κ1) is 15.9. The first-order chi connectivity index (χ1) is 8.81. The number of hydrogen-bond acceptors (Lipinski definition) is 3. The zero-order chi connectivity index (χ0) is 14.5. The molecule has 0 aliphatic heterocycles. The van der Waals surface area contributed by atoms with Crippen LogP contribution < -0.4 is 0 Å². The van der Waals surface area contributed by atoms with Crippen molar-refractivity contribution >= 4 is 10.1 Å². The molecule has 1 rings (SSSR count). The standard InChI is InChI=1S/C15H22O3S/c1-12(2)6-5-7-14(4)18-19(16,17)15-10-8-13(3)9-11-15/h6,8-11,14H,5,7H2,1-4H3/t14-/m1/s1. The molecule has 0 heterocycles. The lowest BCUT2D eigenvalue weighted by molar-refractivity contribution is 0.219. The number of hydrogen-bond donors (Lipinski definition) is 0. The van der Waals surface area contributed by atoms with Crippen molar-refractivity contribution in [2.45, 2.75) is 51.5 Å². The minimum atomic E-state index is -3.65. The van der Waals surface area contributed by atoms with Crippen molar-refractivity contribution in [2.24, 2.45) is 0 Å². The molecule has 0 radical (unpaired) electrons. The molecule has 0 amide bonds. The van der Waals surface area contributed by atoms with Crippen molar-refractivity contribution in [3.05, 3.63) is 41.5 Å². The number of benzene rings is 1. The highest BCUT2D eigenvalue weighted by molar-refractivity contribution is 7.86. The van der Waals surface area contributed by atoms with Crippen LogP contribution in [0.4, 0.5) is 0 Å². The van der Waals surface area contributed by atoms with Crippen molar-refractivity contribution in [1.82, 2.24) is 0 Å². The third kappa shape index (κ3) is 5.57. The zero-order valence-corrected chi connectivity index (χ0v) is 12.8. The molecule has 1 atom stereocenters. The van der Waals surface area contributed by atoms with Gasteiger partial charge in [0.15, 0.2) is 0 Å². The number of rotatable bonds is 6. The van der Waals surface area contributed by atoms with Gasteiger partial charge < -0.3 is 0 Å². The molecular formula is C15H22O3S. The maximum Gasteiger partial charge on any atom is 0.297 e. The predicted octanol–water partition coefficient (Wildman–Crippen LogP) is 3.84. The molecule has 0 saturated heterocycles. The smallest absolute Gasteiger partial charge is 0.263 e. The molecule has 0 aromatic heterocycles.